The molecule has 0 amide bonds. The maximum atomic E-state index is 12.6. The van der Waals surface area contributed by atoms with Crippen LogP contribution in [0.5, 0.6) is 0 Å². The molecule has 0 fully saturated rings. The number of fused-ring (bicyclic) bond motifs is 1. The number of alkyl halides is 3. The minimum atomic E-state index is -4.30. The second-order valence-corrected chi connectivity index (χ2v) is 5.49. The van der Waals surface area contributed by atoms with Crippen LogP contribution in [0.15, 0.2) is 34.9 Å². The molecule has 3 nitrogen and oxygen atoms in total. The Morgan fingerprint density at radius 2 is 1.95 bits per heavy atom. The van der Waals surface area contributed by atoms with E-state index in [9.17, 15) is 13.2 Å². The fourth-order valence-electron chi connectivity index (χ4n) is 2.39. The van der Waals surface area contributed by atoms with Crippen LogP contribution < -0.4 is 5.32 Å². The topological polar surface area (TPSA) is 29.9 Å². The molecule has 1 N–H and O–H groups in total. The van der Waals surface area contributed by atoms with Crippen molar-refractivity contribution in [2.75, 3.05) is 11.9 Å². The van der Waals surface area contributed by atoms with Crippen molar-refractivity contribution in [2.24, 2.45) is 0 Å². The summed E-state index contributed by atoms with van der Waals surface area (Å²) in [6, 6.07) is 5.25. The lowest BCUT2D eigenvalue weighted by Crippen LogP contribution is -2.24. The van der Waals surface area contributed by atoms with E-state index in [1.54, 1.807) is 10.9 Å². The number of nitrogens with zero attached hydrogens (tertiary/aromatic N) is 2. The van der Waals surface area contributed by atoms with Crippen molar-refractivity contribution >= 4 is 21.7 Å². The van der Waals surface area contributed by atoms with E-state index in [0.29, 0.717) is 0 Å². The van der Waals surface area contributed by atoms with Gasteiger partial charge < -0.3 is 5.32 Å². The molecule has 1 aliphatic heterocycles. The van der Waals surface area contributed by atoms with Crippen LogP contribution in [0.25, 0.3) is 0 Å². The molecule has 0 spiro atoms. The zero-order chi connectivity index (χ0) is 14.3. The van der Waals surface area contributed by atoms with E-state index in [0.717, 1.165) is 41.0 Å². The van der Waals surface area contributed by atoms with Gasteiger partial charge in [0.05, 0.1) is 22.3 Å². The predicted octanol–water partition coefficient (Wildman–Crippen LogP) is 4.07. The molecule has 20 heavy (non-hydrogen) atoms. The van der Waals surface area contributed by atoms with Gasteiger partial charge in [0.2, 0.25) is 0 Å². The smallest absolute Gasteiger partial charge is 0.369 e. The number of halogens is 4. The molecular weight excluding hydrogens is 335 g/mol. The van der Waals surface area contributed by atoms with Gasteiger partial charge in [-0.2, -0.15) is 18.3 Å². The fraction of sp³-hybridized carbons (Fsp3) is 0.308. The summed E-state index contributed by atoms with van der Waals surface area (Å²) in [5.74, 6) is 0.862. The van der Waals surface area contributed by atoms with Gasteiger partial charge in [0.1, 0.15) is 5.82 Å². The van der Waals surface area contributed by atoms with Crippen LogP contribution >= 0.6 is 15.9 Å². The quantitative estimate of drug-likeness (QED) is 0.844. The molecule has 2 aromatic rings. The zero-order valence-electron chi connectivity index (χ0n) is 10.3. The third-order valence-corrected chi connectivity index (χ3v) is 3.96. The molecule has 0 saturated heterocycles. The molecule has 2 heterocycles. The van der Waals surface area contributed by atoms with Gasteiger partial charge in [-0.3, -0.25) is 0 Å². The zero-order valence-corrected chi connectivity index (χ0v) is 11.9. The Morgan fingerprint density at radius 1 is 1.25 bits per heavy atom. The van der Waals surface area contributed by atoms with E-state index < -0.39 is 11.7 Å². The lowest BCUT2D eigenvalue weighted by Gasteiger charge is -2.26. The van der Waals surface area contributed by atoms with Gasteiger partial charge in [-0.05, 0) is 40.0 Å². The molecule has 7 heteroatoms. The summed E-state index contributed by atoms with van der Waals surface area (Å²) >= 11 is 3.40. The monoisotopic (exact) mass is 345 g/mol. The van der Waals surface area contributed by atoms with Gasteiger partial charge in [0.25, 0.3) is 0 Å². The summed E-state index contributed by atoms with van der Waals surface area (Å²) < 4.78 is 40.4. The van der Waals surface area contributed by atoms with E-state index in [2.05, 4.69) is 26.3 Å². The summed E-state index contributed by atoms with van der Waals surface area (Å²) in [5, 5.41) is 7.49. The second-order valence-electron chi connectivity index (χ2n) is 4.64. The third kappa shape index (κ3) is 2.30. The van der Waals surface area contributed by atoms with E-state index in [1.165, 1.54) is 12.1 Å². The van der Waals surface area contributed by atoms with Crippen molar-refractivity contribution in [3.05, 3.63) is 46.1 Å². The number of anilines is 1. The molecule has 1 aromatic heterocycles. The van der Waals surface area contributed by atoms with Gasteiger partial charge in [-0.15, -0.1) is 0 Å². The molecule has 0 aliphatic carbocycles. The van der Waals surface area contributed by atoms with Crippen molar-refractivity contribution in [2.45, 2.75) is 18.6 Å². The van der Waals surface area contributed by atoms with Crippen LogP contribution in [0.3, 0.4) is 0 Å². The summed E-state index contributed by atoms with van der Waals surface area (Å²) in [4.78, 5) is 0. The molecule has 0 radical (unpaired) electrons. The maximum Gasteiger partial charge on any atom is 0.416 e. The summed E-state index contributed by atoms with van der Waals surface area (Å²) in [7, 11) is 0. The van der Waals surface area contributed by atoms with Gasteiger partial charge in [0.15, 0.2) is 0 Å². The van der Waals surface area contributed by atoms with Crippen LogP contribution in [0, 0.1) is 0 Å². The molecule has 1 aromatic carbocycles. The molecular formula is C13H11BrF3N3. The van der Waals surface area contributed by atoms with Crippen LogP contribution in [0.2, 0.25) is 0 Å². The van der Waals surface area contributed by atoms with Crippen LogP contribution in [0.4, 0.5) is 19.0 Å². The Balaban J connectivity index is 1.95. The van der Waals surface area contributed by atoms with Gasteiger partial charge >= 0.3 is 6.18 Å². The molecule has 1 unspecified atom stereocenters. The number of hydrogen-bond acceptors (Lipinski definition) is 2. The van der Waals surface area contributed by atoms with Crippen LogP contribution in [-0.4, -0.2) is 16.3 Å². The first-order valence-electron chi connectivity index (χ1n) is 6.11. The molecule has 1 atom stereocenters. The van der Waals surface area contributed by atoms with Crippen LogP contribution in [-0.2, 0) is 6.18 Å². The van der Waals surface area contributed by atoms with Gasteiger partial charge in [-0.1, -0.05) is 12.1 Å². The standard InChI is InChI=1S/C13H11BrF3N3/c14-10-7-19-20-11(5-6-18-12(10)20)8-1-3-9(4-2-8)13(15,16)17/h1-4,7,11,18H,5-6H2. The first-order valence-corrected chi connectivity index (χ1v) is 6.90. The van der Waals surface area contributed by atoms with E-state index in [1.807, 2.05) is 0 Å². The fourth-order valence-corrected chi connectivity index (χ4v) is 2.81. The molecule has 0 bridgehead atoms. The normalized spacial score (nSPS) is 18.5. The number of benzene rings is 1. The Bertz CT molecular complexity index is 619. The summed E-state index contributed by atoms with van der Waals surface area (Å²) in [5.41, 5.74) is 0.202. The minimum Gasteiger partial charge on any atom is -0.369 e. The Hall–Kier alpha value is -1.50. The Labute approximate surface area is 121 Å². The Kier molecular flexibility index (Phi) is 3.24. The number of hydrogen-bond donors (Lipinski definition) is 1. The lowest BCUT2D eigenvalue weighted by atomic mass is 10.0. The number of rotatable bonds is 1. The third-order valence-electron chi connectivity index (χ3n) is 3.38. The molecule has 106 valence electrons. The predicted molar refractivity (Wildman–Crippen MR) is 72.6 cm³/mol. The minimum absolute atomic E-state index is 0.0418. The average molecular weight is 346 g/mol. The second kappa shape index (κ2) is 4.80. The van der Waals surface area contributed by atoms with Crippen molar-refractivity contribution in [1.82, 2.24) is 9.78 Å². The van der Waals surface area contributed by atoms with Crippen molar-refractivity contribution in [3.8, 4) is 0 Å². The molecule has 1 aliphatic rings. The summed E-state index contributed by atoms with van der Waals surface area (Å²) in [6.45, 7) is 0.760. The highest BCUT2D eigenvalue weighted by Crippen LogP contribution is 2.35. The number of nitrogens with one attached hydrogen (secondary N) is 1. The SMILES string of the molecule is FC(F)(F)c1ccc(C2CCNc3c(Br)cnn32)cc1. The highest BCUT2D eigenvalue weighted by atomic mass is 79.9. The Morgan fingerprint density at radius 3 is 2.60 bits per heavy atom. The number of aromatic nitrogens is 2. The van der Waals surface area contributed by atoms with Crippen molar-refractivity contribution < 1.29 is 13.2 Å². The summed E-state index contributed by atoms with van der Waals surface area (Å²) in [6.07, 6.45) is -1.83. The molecule has 3 rings (SSSR count). The van der Waals surface area contributed by atoms with E-state index in [4.69, 9.17) is 0 Å². The first kappa shape index (κ1) is 13.5. The molecule has 0 saturated carbocycles. The lowest BCUT2D eigenvalue weighted by molar-refractivity contribution is -0.137. The van der Waals surface area contributed by atoms with Gasteiger partial charge in [0, 0.05) is 6.54 Å². The van der Waals surface area contributed by atoms with Crippen molar-refractivity contribution in [1.29, 1.82) is 0 Å². The average Bonchev–Trinajstić information content (AvgIpc) is 2.80. The van der Waals surface area contributed by atoms with Crippen LogP contribution in [0.1, 0.15) is 23.6 Å². The largest absolute Gasteiger partial charge is 0.416 e. The highest BCUT2D eigenvalue weighted by Gasteiger charge is 2.31. The first-order chi connectivity index (χ1) is 9.47. The highest BCUT2D eigenvalue weighted by molar-refractivity contribution is 9.10. The van der Waals surface area contributed by atoms with Crippen molar-refractivity contribution in [3.63, 3.8) is 0 Å². The van der Waals surface area contributed by atoms with E-state index in [-0.39, 0.29) is 6.04 Å². The van der Waals surface area contributed by atoms with Gasteiger partial charge in [-0.25, -0.2) is 4.68 Å². The van der Waals surface area contributed by atoms with E-state index >= 15 is 0 Å². The maximum absolute atomic E-state index is 12.6.